The summed E-state index contributed by atoms with van der Waals surface area (Å²) in [5, 5.41) is 13.5. The molecule has 3 N–H and O–H groups in total. The smallest absolute Gasteiger partial charge is 0.229 e. The molecule has 8 nitrogen and oxygen atoms in total. The van der Waals surface area contributed by atoms with Gasteiger partial charge in [-0.05, 0) is 34.2 Å². The van der Waals surface area contributed by atoms with Gasteiger partial charge in [-0.2, -0.15) is 10.1 Å². The van der Waals surface area contributed by atoms with Crippen molar-refractivity contribution in [2.75, 3.05) is 17.7 Å². The normalized spacial score (nSPS) is 26.1. The molecule has 2 aromatic heterocycles. The maximum absolute atomic E-state index is 12.3. The zero-order valence-corrected chi connectivity index (χ0v) is 16.1. The lowest BCUT2D eigenvalue weighted by Crippen LogP contribution is -2.42. The summed E-state index contributed by atoms with van der Waals surface area (Å²) < 4.78 is 2.47. The van der Waals surface area contributed by atoms with Crippen LogP contribution in [0.25, 0.3) is 0 Å². The van der Waals surface area contributed by atoms with Gasteiger partial charge >= 0.3 is 0 Å². The fourth-order valence-electron chi connectivity index (χ4n) is 3.84. The van der Waals surface area contributed by atoms with E-state index in [4.69, 9.17) is 0 Å². The number of nitrogens with zero attached hydrogens (tertiary/aromatic N) is 4. The average molecular weight is 418 g/mol. The first-order valence-electron chi connectivity index (χ1n) is 8.50. The highest BCUT2D eigenvalue weighted by atomic mass is 79.9. The molecule has 9 heteroatoms. The molecule has 1 amide bonds. The maximum atomic E-state index is 12.3. The van der Waals surface area contributed by atoms with E-state index in [1.54, 1.807) is 24.1 Å². The summed E-state index contributed by atoms with van der Waals surface area (Å²) in [7, 11) is 3.54. The lowest BCUT2D eigenvalue weighted by Gasteiger charge is -2.28. The molecular formula is C17H20BrN7O. The lowest BCUT2D eigenvalue weighted by molar-refractivity contribution is -0.125. The van der Waals surface area contributed by atoms with E-state index in [9.17, 15) is 4.79 Å². The van der Waals surface area contributed by atoms with Crippen molar-refractivity contribution >= 4 is 39.3 Å². The van der Waals surface area contributed by atoms with Gasteiger partial charge in [-0.3, -0.25) is 9.48 Å². The SMILES string of the molecule is CNC(=O)[C@H]1[C@@H](Nc2nc(Nc3cnn(C)c3)ncc2Br)[C@@H]2C=C[C@@H]1C2. The van der Waals surface area contributed by atoms with E-state index in [2.05, 4.69) is 59.1 Å². The molecule has 4 atom stereocenters. The second kappa shape index (κ2) is 6.71. The van der Waals surface area contributed by atoms with Gasteiger partial charge in [0.25, 0.3) is 0 Å². The van der Waals surface area contributed by atoms with E-state index in [0.717, 1.165) is 16.6 Å². The van der Waals surface area contributed by atoms with Crippen molar-refractivity contribution in [3.05, 3.63) is 35.2 Å². The van der Waals surface area contributed by atoms with Gasteiger partial charge in [-0.1, -0.05) is 12.2 Å². The first-order valence-corrected chi connectivity index (χ1v) is 9.29. The van der Waals surface area contributed by atoms with Crippen molar-refractivity contribution in [2.24, 2.45) is 24.8 Å². The molecule has 0 saturated heterocycles. The van der Waals surface area contributed by atoms with E-state index in [1.165, 1.54) is 0 Å². The van der Waals surface area contributed by atoms with Gasteiger partial charge in [0, 0.05) is 32.5 Å². The van der Waals surface area contributed by atoms with Crippen molar-refractivity contribution in [3.8, 4) is 0 Å². The number of amides is 1. The molecule has 26 heavy (non-hydrogen) atoms. The van der Waals surface area contributed by atoms with Crippen LogP contribution in [0.15, 0.2) is 35.2 Å². The summed E-state index contributed by atoms with van der Waals surface area (Å²) in [6.45, 7) is 0. The number of carbonyl (C=O) groups is 1. The number of rotatable bonds is 5. The first kappa shape index (κ1) is 17.0. The lowest BCUT2D eigenvalue weighted by atomic mass is 9.88. The highest BCUT2D eigenvalue weighted by molar-refractivity contribution is 9.10. The molecule has 1 fully saturated rings. The predicted molar refractivity (Wildman–Crippen MR) is 102 cm³/mol. The van der Waals surface area contributed by atoms with Crippen LogP contribution in [0.4, 0.5) is 17.5 Å². The molecule has 4 rings (SSSR count). The summed E-state index contributed by atoms with van der Waals surface area (Å²) in [6.07, 6.45) is 10.6. The summed E-state index contributed by atoms with van der Waals surface area (Å²) in [5.41, 5.74) is 0.812. The molecule has 2 aliphatic carbocycles. The van der Waals surface area contributed by atoms with Crippen LogP contribution in [-0.4, -0.2) is 38.7 Å². The van der Waals surface area contributed by atoms with Crippen molar-refractivity contribution in [1.82, 2.24) is 25.1 Å². The summed E-state index contributed by atoms with van der Waals surface area (Å²) >= 11 is 3.50. The van der Waals surface area contributed by atoms with E-state index >= 15 is 0 Å². The van der Waals surface area contributed by atoms with Gasteiger partial charge < -0.3 is 16.0 Å². The predicted octanol–water partition coefficient (Wildman–Crippen LogP) is 2.06. The third-order valence-corrected chi connectivity index (χ3v) is 5.60. The highest BCUT2D eigenvalue weighted by Gasteiger charge is 2.48. The van der Waals surface area contributed by atoms with E-state index in [1.807, 2.05) is 13.2 Å². The first-order chi connectivity index (χ1) is 12.5. The summed E-state index contributed by atoms with van der Waals surface area (Å²) in [6, 6.07) is 0.0161. The largest absolute Gasteiger partial charge is 0.365 e. The van der Waals surface area contributed by atoms with Gasteiger partial charge in [0.15, 0.2) is 0 Å². The number of allylic oxidation sites excluding steroid dienone is 1. The maximum Gasteiger partial charge on any atom is 0.229 e. The third kappa shape index (κ3) is 3.07. The van der Waals surface area contributed by atoms with Crippen LogP contribution >= 0.6 is 15.9 Å². The standard InChI is InChI=1S/C17H20BrN7O/c1-19-16(26)13-9-3-4-10(5-9)14(13)23-15-12(18)7-20-17(24-15)22-11-6-21-25(2)8-11/h3-4,6-10,13-14H,5H2,1-2H3,(H,19,26)(H2,20,22,23,24)/t9-,10-,13-,14+/m1/s1. The molecule has 0 aromatic carbocycles. The van der Waals surface area contributed by atoms with E-state index < -0.39 is 0 Å². The van der Waals surface area contributed by atoms with Crippen LogP contribution in [-0.2, 0) is 11.8 Å². The Balaban J connectivity index is 1.56. The number of hydrogen-bond acceptors (Lipinski definition) is 6. The Labute approximate surface area is 159 Å². The Bertz CT molecular complexity index is 865. The second-order valence-corrected chi connectivity index (χ2v) is 7.53. The van der Waals surface area contributed by atoms with Gasteiger partial charge in [0.2, 0.25) is 11.9 Å². The second-order valence-electron chi connectivity index (χ2n) is 6.68. The average Bonchev–Trinajstić information content (AvgIpc) is 3.33. The van der Waals surface area contributed by atoms with E-state index in [-0.39, 0.29) is 23.8 Å². The molecule has 0 spiro atoms. The zero-order chi connectivity index (χ0) is 18.3. The number of anilines is 3. The topological polar surface area (TPSA) is 96.8 Å². The highest BCUT2D eigenvalue weighted by Crippen LogP contribution is 2.45. The monoisotopic (exact) mass is 417 g/mol. The number of halogens is 1. The number of aromatic nitrogens is 4. The molecule has 2 bridgehead atoms. The zero-order valence-electron chi connectivity index (χ0n) is 14.5. The van der Waals surface area contributed by atoms with Crippen LogP contribution < -0.4 is 16.0 Å². The van der Waals surface area contributed by atoms with Gasteiger partial charge in [0.1, 0.15) is 5.82 Å². The number of nitrogens with one attached hydrogen (secondary N) is 3. The van der Waals surface area contributed by atoms with Crippen molar-refractivity contribution in [1.29, 1.82) is 0 Å². The van der Waals surface area contributed by atoms with Gasteiger partial charge in [-0.15, -0.1) is 0 Å². The van der Waals surface area contributed by atoms with Gasteiger partial charge in [0.05, 0.1) is 22.3 Å². The fraction of sp³-hybridized carbons (Fsp3) is 0.412. The molecule has 0 radical (unpaired) electrons. The Morgan fingerprint density at radius 2 is 2.12 bits per heavy atom. The van der Waals surface area contributed by atoms with E-state index in [0.29, 0.717) is 17.7 Å². The van der Waals surface area contributed by atoms with Crippen molar-refractivity contribution in [3.63, 3.8) is 0 Å². The quantitative estimate of drug-likeness (QED) is 0.644. The van der Waals surface area contributed by atoms with Crippen LogP contribution in [0.3, 0.4) is 0 Å². The molecular weight excluding hydrogens is 398 g/mol. The number of fused-ring (bicyclic) bond motifs is 2. The summed E-state index contributed by atoms with van der Waals surface area (Å²) in [4.78, 5) is 21.2. The number of aryl methyl sites for hydroxylation is 1. The van der Waals surface area contributed by atoms with Crippen LogP contribution in [0, 0.1) is 17.8 Å². The van der Waals surface area contributed by atoms with Crippen LogP contribution in [0.2, 0.25) is 0 Å². The molecule has 0 aliphatic heterocycles. The molecule has 2 aromatic rings. The Morgan fingerprint density at radius 1 is 1.31 bits per heavy atom. The minimum Gasteiger partial charge on any atom is -0.365 e. The third-order valence-electron chi connectivity index (χ3n) is 5.02. The molecule has 1 saturated carbocycles. The molecule has 0 unspecified atom stereocenters. The fourth-order valence-corrected chi connectivity index (χ4v) is 4.15. The Kier molecular flexibility index (Phi) is 4.39. The Morgan fingerprint density at radius 3 is 2.85 bits per heavy atom. The van der Waals surface area contributed by atoms with Crippen molar-refractivity contribution < 1.29 is 4.79 Å². The minimum atomic E-state index is -0.0911. The molecule has 2 aliphatic rings. The van der Waals surface area contributed by atoms with Crippen LogP contribution in [0.5, 0.6) is 0 Å². The number of carbonyl (C=O) groups excluding carboxylic acids is 1. The number of hydrogen-bond donors (Lipinski definition) is 3. The molecule has 2 heterocycles. The summed E-state index contributed by atoms with van der Waals surface area (Å²) in [5.74, 6) is 1.74. The minimum absolute atomic E-state index is 0.0161. The van der Waals surface area contributed by atoms with Crippen molar-refractivity contribution in [2.45, 2.75) is 12.5 Å². The van der Waals surface area contributed by atoms with Crippen LogP contribution in [0.1, 0.15) is 6.42 Å². The molecule has 136 valence electrons. The Hall–Kier alpha value is -2.42. The van der Waals surface area contributed by atoms with Gasteiger partial charge in [-0.25, -0.2) is 4.98 Å².